The molecule has 5 nitrogen and oxygen atoms in total. The van der Waals surface area contributed by atoms with E-state index in [1.54, 1.807) is 0 Å². The Labute approximate surface area is 57.5 Å². The predicted octanol–water partition coefficient (Wildman–Crippen LogP) is -0.737. The maximum atomic E-state index is 9.99. The van der Waals surface area contributed by atoms with E-state index < -0.39 is 18.0 Å². The molecule has 0 aromatic rings. The summed E-state index contributed by atoms with van der Waals surface area (Å²) in [5.41, 5.74) is 5.00. The smallest absolute Gasteiger partial charge is 0.320 e. The van der Waals surface area contributed by atoms with E-state index in [4.69, 9.17) is 15.9 Å². The van der Waals surface area contributed by atoms with Crippen LogP contribution < -0.4 is 5.73 Å². The van der Waals surface area contributed by atoms with Gasteiger partial charge in [0.1, 0.15) is 6.04 Å². The summed E-state index contributed by atoms with van der Waals surface area (Å²) >= 11 is 0. The highest BCUT2D eigenvalue weighted by molar-refractivity contribution is 5.74. The van der Waals surface area contributed by atoms with Crippen LogP contribution in [0.2, 0.25) is 0 Å². The van der Waals surface area contributed by atoms with Crippen molar-refractivity contribution in [1.29, 1.82) is 0 Å². The lowest BCUT2D eigenvalue weighted by Gasteiger charge is -2.01. The largest absolute Gasteiger partial charge is 0.481 e. The topological polar surface area (TPSA) is 101 Å². The lowest BCUT2D eigenvalue weighted by molar-refractivity contribution is -0.139. The van der Waals surface area contributed by atoms with Crippen LogP contribution in [0.25, 0.3) is 0 Å². The number of carbonyl (C=O) groups is 2. The molecule has 0 aromatic carbocycles. The highest BCUT2D eigenvalue weighted by atomic mass is 16.5. The zero-order valence-electron chi connectivity index (χ0n) is 5.28. The van der Waals surface area contributed by atoms with E-state index in [1.165, 1.54) is 0 Å². The molecule has 0 heterocycles. The van der Waals surface area contributed by atoms with Gasteiger partial charge >= 0.3 is 11.9 Å². The lowest BCUT2D eigenvalue weighted by Crippen LogP contribution is -2.30. The number of nitrogens with two attached hydrogens (primary N) is 1. The Bertz CT molecular complexity index is 145. The number of hydrogen-bond donors (Lipinski definition) is 3. The number of aliphatic carboxylic acids is 2. The molecular weight excluding hydrogens is 143 g/mol. The van der Waals surface area contributed by atoms with Gasteiger partial charge in [0.2, 0.25) is 0 Å². The third-order valence-corrected chi connectivity index (χ3v) is 0.986. The van der Waals surface area contributed by atoms with Gasteiger partial charge < -0.3 is 15.9 Å². The van der Waals surface area contributed by atoms with Crippen molar-refractivity contribution in [3.8, 4) is 0 Å². The van der Waals surface area contributed by atoms with Crippen LogP contribution in [0.3, 0.4) is 0 Å². The second kappa shape index (κ2) is 3.84. The summed E-state index contributed by atoms with van der Waals surface area (Å²) in [7, 11) is 0. The minimum absolute atomic E-state index is 0.0231. The average molecular weight is 152 g/mol. The van der Waals surface area contributed by atoms with Gasteiger partial charge in [0, 0.05) is 6.42 Å². The summed E-state index contributed by atoms with van der Waals surface area (Å²) in [6.45, 7) is 0. The molecule has 1 atom stereocenters. The summed E-state index contributed by atoms with van der Waals surface area (Å²) < 4.78 is 0. The molecule has 0 aromatic heterocycles. The van der Waals surface area contributed by atoms with Crippen LogP contribution in [0.4, 0.5) is 0 Å². The predicted molar refractivity (Wildman–Crippen MR) is 32.5 cm³/mol. The number of carboxylic acid groups (broad SMARTS) is 2. The van der Waals surface area contributed by atoms with Crippen molar-refractivity contribution < 1.29 is 19.8 Å². The zero-order valence-corrected chi connectivity index (χ0v) is 5.28. The van der Waals surface area contributed by atoms with E-state index in [0.29, 0.717) is 0 Å². The molecule has 0 saturated carbocycles. The zero-order chi connectivity index (χ0) is 8.15. The van der Waals surface area contributed by atoms with Crippen molar-refractivity contribution in [2.24, 2.45) is 5.73 Å². The molecule has 0 rings (SSSR count). The first-order valence-corrected chi connectivity index (χ1v) is 2.74. The Balaban J connectivity index is 3.49. The summed E-state index contributed by atoms with van der Waals surface area (Å²) in [6, 6.07) is -1.06. The van der Waals surface area contributed by atoms with Crippen molar-refractivity contribution >= 4 is 11.9 Å². The standard InChI is InChI=1S/C5H9NO4/c6-3(5(9)10)1-2-4(7)8/h3H,1-2,6H2,(H,7,8)(H,9,10)/t3-/m0/s1/i1+1,2+1,3+1,4+1,5+1. The van der Waals surface area contributed by atoms with Crippen LogP contribution in [0.5, 0.6) is 0 Å². The van der Waals surface area contributed by atoms with Gasteiger partial charge in [0.05, 0.1) is 0 Å². The Morgan fingerprint density at radius 3 is 2.20 bits per heavy atom. The van der Waals surface area contributed by atoms with E-state index in [2.05, 4.69) is 0 Å². The third-order valence-electron chi connectivity index (χ3n) is 0.986. The highest BCUT2D eigenvalue weighted by Crippen LogP contribution is 1.93. The molecule has 0 aliphatic heterocycles. The first-order valence-electron chi connectivity index (χ1n) is 2.74. The molecule has 0 bridgehead atoms. The van der Waals surface area contributed by atoms with E-state index in [9.17, 15) is 9.59 Å². The SMILES string of the molecule is N[13C@@H]([13CH2][13CH2][13C](=O)O)[13C](=O)O. The van der Waals surface area contributed by atoms with Crippen LogP contribution in [0, 0.1) is 0 Å². The van der Waals surface area contributed by atoms with Crippen LogP contribution in [0.1, 0.15) is 12.8 Å². The second-order valence-electron chi connectivity index (χ2n) is 1.88. The van der Waals surface area contributed by atoms with Gasteiger partial charge in [0.15, 0.2) is 0 Å². The summed E-state index contributed by atoms with van der Waals surface area (Å²) in [6.07, 6.45) is -0.224. The van der Waals surface area contributed by atoms with E-state index >= 15 is 0 Å². The van der Waals surface area contributed by atoms with Crippen LogP contribution in [-0.4, -0.2) is 28.2 Å². The molecule has 0 aliphatic rings. The van der Waals surface area contributed by atoms with Crippen LogP contribution in [0.15, 0.2) is 0 Å². The normalized spacial score (nSPS) is 12.5. The Hall–Kier alpha value is -1.10. The fourth-order valence-corrected chi connectivity index (χ4v) is 0.402. The van der Waals surface area contributed by atoms with E-state index in [1.807, 2.05) is 0 Å². The van der Waals surface area contributed by atoms with Crippen molar-refractivity contribution in [3.05, 3.63) is 0 Å². The van der Waals surface area contributed by atoms with Gasteiger partial charge in [-0.15, -0.1) is 0 Å². The first kappa shape index (κ1) is 8.90. The molecule has 58 valence electrons. The van der Waals surface area contributed by atoms with Gasteiger partial charge in [0.25, 0.3) is 0 Å². The van der Waals surface area contributed by atoms with Gasteiger partial charge in [-0.1, -0.05) is 0 Å². The molecule has 10 heavy (non-hydrogen) atoms. The molecule has 4 N–H and O–H groups in total. The van der Waals surface area contributed by atoms with Gasteiger partial charge in [-0.25, -0.2) is 0 Å². The van der Waals surface area contributed by atoms with Gasteiger partial charge in [-0.3, -0.25) is 9.59 Å². The molecule has 0 saturated heterocycles. The van der Waals surface area contributed by atoms with Crippen molar-refractivity contribution in [2.45, 2.75) is 18.9 Å². The molecule has 0 fully saturated rings. The van der Waals surface area contributed by atoms with Crippen molar-refractivity contribution in [1.82, 2.24) is 0 Å². The molecule has 0 aliphatic carbocycles. The first-order chi connectivity index (χ1) is 4.54. The summed E-state index contributed by atoms with van der Waals surface area (Å²) in [5.74, 6) is -2.20. The molecular formula is C5H9NO4. The number of hydrogen-bond acceptors (Lipinski definition) is 3. The second-order valence-corrected chi connectivity index (χ2v) is 1.88. The van der Waals surface area contributed by atoms with Gasteiger partial charge in [-0.2, -0.15) is 0 Å². The average Bonchev–Trinajstić information content (AvgIpc) is 1.82. The molecule has 0 spiro atoms. The maximum Gasteiger partial charge on any atom is 0.320 e. The minimum Gasteiger partial charge on any atom is -0.481 e. The molecule has 0 amide bonds. The molecule has 5 heteroatoms. The minimum atomic E-state index is -1.17. The quantitative estimate of drug-likeness (QED) is 0.460. The monoisotopic (exact) mass is 152 g/mol. The Kier molecular flexibility index (Phi) is 3.42. The molecule has 0 unspecified atom stereocenters. The summed E-state index contributed by atoms with van der Waals surface area (Å²) in [5, 5.41) is 16.3. The highest BCUT2D eigenvalue weighted by Gasteiger charge is 2.12. The van der Waals surface area contributed by atoms with Crippen molar-refractivity contribution in [3.63, 3.8) is 0 Å². The molecule has 0 radical (unpaired) electrons. The third kappa shape index (κ3) is 3.85. The maximum absolute atomic E-state index is 9.99. The summed E-state index contributed by atoms with van der Waals surface area (Å²) in [4.78, 5) is 19.9. The van der Waals surface area contributed by atoms with Crippen LogP contribution in [-0.2, 0) is 9.59 Å². The van der Waals surface area contributed by atoms with Crippen LogP contribution >= 0.6 is 0 Å². The van der Waals surface area contributed by atoms with Gasteiger partial charge in [-0.05, 0) is 6.42 Å². The Morgan fingerprint density at radius 1 is 1.40 bits per heavy atom. The number of carboxylic acids is 2. The fraction of sp³-hybridized carbons (Fsp3) is 0.600. The lowest BCUT2D eigenvalue weighted by atomic mass is 11.1. The van der Waals surface area contributed by atoms with E-state index in [-0.39, 0.29) is 12.8 Å². The fourth-order valence-electron chi connectivity index (χ4n) is 0.402. The van der Waals surface area contributed by atoms with E-state index in [0.717, 1.165) is 0 Å². The van der Waals surface area contributed by atoms with Crippen molar-refractivity contribution in [2.75, 3.05) is 0 Å². The number of rotatable bonds is 4. The Morgan fingerprint density at radius 2 is 1.90 bits per heavy atom.